The molecule has 0 aromatic heterocycles. The molecule has 16 heavy (non-hydrogen) atoms. The quantitative estimate of drug-likeness (QED) is 0.774. The lowest BCUT2D eigenvalue weighted by Gasteiger charge is -2.34. The Hall–Kier alpha value is -0.120. The summed E-state index contributed by atoms with van der Waals surface area (Å²) in [5, 5.41) is 3.72. The average Bonchev–Trinajstić information content (AvgIpc) is 2.77. The smallest absolute Gasteiger partial charge is 0.0622 e. The lowest BCUT2D eigenvalue weighted by molar-refractivity contribution is 0.127. The van der Waals surface area contributed by atoms with Crippen molar-refractivity contribution in [1.82, 2.24) is 10.2 Å². The van der Waals surface area contributed by atoms with Gasteiger partial charge in [0.05, 0.1) is 6.61 Å². The van der Waals surface area contributed by atoms with Gasteiger partial charge in [-0.05, 0) is 39.2 Å². The maximum Gasteiger partial charge on any atom is 0.0622 e. The maximum atomic E-state index is 5.51. The molecular weight excluding hydrogens is 200 g/mol. The molecule has 2 fully saturated rings. The highest BCUT2D eigenvalue weighted by Crippen LogP contribution is 2.17. The minimum absolute atomic E-state index is 0.662. The molecule has 1 N–H and O–H groups in total. The molecule has 0 bridgehead atoms. The summed E-state index contributed by atoms with van der Waals surface area (Å²) in [6.07, 6.45) is 5.04. The summed E-state index contributed by atoms with van der Waals surface area (Å²) in [7, 11) is 0. The Morgan fingerprint density at radius 3 is 2.75 bits per heavy atom. The zero-order valence-electron chi connectivity index (χ0n) is 10.7. The maximum absolute atomic E-state index is 5.51. The van der Waals surface area contributed by atoms with Gasteiger partial charge in [-0.15, -0.1) is 0 Å². The lowest BCUT2D eigenvalue weighted by atomic mass is 10.0. The standard InChI is InChI=1S/C13H26N2O/c1-3-12-5-8-15(7-4-11(2)14-12)13-6-9-16-10-13/h11-14H,3-10H2,1-2H3. The van der Waals surface area contributed by atoms with E-state index < -0.39 is 0 Å². The molecule has 94 valence electrons. The van der Waals surface area contributed by atoms with E-state index in [1.54, 1.807) is 0 Å². The van der Waals surface area contributed by atoms with Crippen LogP contribution < -0.4 is 5.32 Å². The SMILES string of the molecule is CCC1CCN(C2CCOC2)CCC(C)N1. The van der Waals surface area contributed by atoms with Crippen molar-refractivity contribution in [3.8, 4) is 0 Å². The predicted octanol–water partition coefficient (Wildman–Crippen LogP) is 1.63. The number of hydrogen-bond acceptors (Lipinski definition) is 3. The zero-order chi connectivity index (χ0) is 11.4. The molecule has 0 aromatic rings. The van der Waals surface area contributed by atoms with E-state index in [0.29, 0.717) is 18.1 Å². The van der Waals surface area contributed by atoms with Gasteiger partial charge in [0.1, 0.15) is 0 Å². The van der Waals surface area contributed by atoms with Crippen molar-refractivity contribution in [1.29, 1.82) is 0 Å². The second-order valence-electron chi connectivity index (χ2n) is 5.30. The van der Waals surface area contributed by atoms with Gasteiger partial charge in [0, 0.05) is 31.3 Å². The summed E-state index contributed by atoms with van der Waals surface area (Å²) in [5.41, 5.74) is 0. The fourth-order valence-corrected chi connectivity index (χ4v) is 2.86. The van der Waals surface area contributed by atoms with Crippen LogP contribution in [0.1, 0.15) is 39.5 Å². The Labute approximate surface area is 99.5 Å². The second kappa shape index (κ2) is 5.99. The lowest BCUT2D eigenvalue weighted by Crippen LogP contribution is -2.47. The molecule has 3 heteroatoms. The molecule has 0 spiro atoms. The van der Waals surface area contributed by atoms with Crippen molar-refractivity contribution in [3.63, 3.8) is 0 Å². The zero-order valence-corrected chi connectivity index (χ0v) is 10.7. The number of nitrogens with one attached hydrogen (secondary N) is 1. The molecule has 0 aromatic carbocycles. The molecule has 2 aliphatic heterocycles. The Morgan fingerprint density at radius 2 is 2.06 bits per heavy atom. The molecule has 2 saturated heterocycles. The number of hydrogen-bond donors (Lipinski definition) is 1. The van der Waals surface area contributed by atoms with Crippen molar-refractivity contribution in [2.24, 2.45) is 0 Å². The van der Waals surface area contributed by atoms with Crippen LogP contribution >= 0.6 is 0 Å². The minimum Gasteiger partial charge on any atom is -0.380 e. The Morgan fingerprint density at radius 1 is 1.25 bits per heavy atom. The van der Waals surface area contributed by atoms with Gasteiger partial charge in [-0.25, -0.2) is 0 Å². The van der Waals surface area contributed by atoms with Gasteiger partial charge in [0.25, 0.3) is 0 Å². The van der Waals surface area contributed by atoms with E-state index in [0.717, 1.165) is 13.2 Å². The van der Waals surface area contributed by atoms with Gasteiger partial charge in [0.2, 0.25) is 0 Å². The van der Waals surface area contributed by atoms with Gasteiger partial charge in [-0.2, -0.15) is 0 Å². The van der Waals surface area contributed by atoms with Crippen LogP contribution in [0.5, 0.6) is 0 Å². The van der Waals surface area contributed by atoms with E-state index in [9.17, 15) is 0 Å². The fraction of sp³-hybridized carbons (Fsp3) is 1.00. The van der Waals surface area contributed by atoms with Crippen LogP contribution in [0.25, 0.3) is 0 Å². The minimum atomic E-state index is 0.662. The summed E-state index contributed by atoms with van der Waals surface area (Å²) in [6.45, 7) is 9.00. The van der Waals surface area contributed by atoms with Crippen LogP contribution in [0.15, 0.2) is 0 Å². The van der Waals surface area contributed by atoms with E-state index in [1.807, 2.05) is 0 Å². The second-order valence-corrected chi connectivity index (χ2v) is 5.30. The van der Waals surface area contributed by atoms with Crippen LogP contribution in [0.2, 0.25) is 0 Å². The number of rotatable bonds is 2. The highest BCUT2D eigenvalue weighted by Gasteiger charge is 2.25. The monoisotopic (exact) mass is 226 g/mol. The van der Waals surface area contributed by atoms with E-state index in [-0.39, 0.29) is 0 Å². The highest BCUT2D eigenvalue weighted by atomic mass is 16.5. The predicted molar refractivity (Wildman–Crippen MR) is 66.7 cm³/mol. The van der Waals surface area contributed by atoms with Crippen LogP contribution in [-0.2, 0) is 4.74 Å². The van der Waals surface area contributed by atoms with Crippen LogP contribution in [0.3, 0.4) is 0 Å². The van der Waals surface area contributed by atoms with Crippen molar-refractivity contribution in [2.45, 2.75) is 57.7 Å². The molecule has 2 aliphatic rings. The normalized spacial score (nSPS) is 38.2. The summed E-state index contributed by atoms with van der Waals surface area (Å²) < 4.78 is 5.51. The molecule has 3 nitrogen and oxygen atoms in total. The molecule has 2 rings (SSSR count). The van der Waals surface area contributed by atoms with Gasteiger partial charge >= 0.3 is 0 Å². The van der Waals surface area contributed by atoms with Crippen LogP contribution in [-0.4, -0.2) is 49.3 Å². The van der Waals surface area contributed by atoms with Gasteiger partial charge < -0.3 is 10.1 Å². The molecule has 0 saturated carbocycles. The number of nitrogens with zero attached hydrogens (tertiary/aromatic N) is 1. The highest BCUT2D eigenvalue weighted by molar-refractivity contribution is 4.82. The van der Waals surface area contributed by atoms with Crippen molar-refractivity contribution in [2.75, 3.05) is 26.3 Å². The van der Waals surface area contributed by atoms with Gasteiger partial charge in [0.15, 0.2) is 0 Å². The van der Waals surface area contributed by atoms with E-state index >= 15 is 0 Å². The average molecular weight is 226 g/mol. The van der Waals surface area contributed by atoms with Crippen LogP contribution in [0, 0.1) is 0 Å². The molecular formula is C13H26N2O. The molecule has 2 heterocycles. The third-order valence-electron chi connectivity index (χ3n) is 4.05. The largest absolute Gasteiger partial charge is 0.380 e. The molecule has 3 unspecified atom stereocenters. The topological polar surface area (TPSA) is 24.5 Å². The Bertz CT molecular complexity index is 204. The first-order valence-electron chi connectivity index (χ1n) is 6.87. The Kier molecular flexibility index (Phi) is 4.62. The summed E-state index contributed by atoms with van der Waals surface area (Å²) in [6, 6.07) is 2.07. The van der Waals surface area contributed by atoms with Crippen LogP contribution in [0.4, 0.5) is 0 Å². The molecule has 0 radical (unpaired) electrons. The summed E-state index contributed by atoms with van der Waals surface area (Å²) in [5.74, 6) is 0. The van der Waals surface area contributed by atoms with E-state index in [4.69, 9.17) is 4.74 Å². The van der Waals surface area contributed by atoms with Gasteiger partial charge in [-0.1, -0.05) is 6.92 Å². The molecule has 0 amide bonds. The van der Waals surface area contributed by atoms with Crippen molar-refractivity contribution >= 4 is 0 Å². The fourth-order valence-electron chi connectivity index (χ4n) is 2.86. The van der Waals surface area contributed by atoms with Crippen molar-refractivity contribution < 1.29 is 4.74 Å². The Balaban J connectivity index is 1.88. The summed E-state index contributed by atoms with van der Waals surface area (Å²) in [4.78, 5) is 2.66. The van der Waals surface area contributed by atoms with Gasteiger partial charge in [-0.3, -0.25) is 4.90 Å². The third kappa shape index (κ3) is 3.19. The molecule has 3 atom stereocenters. The first-order chi connectivity index (χ1) is 7.79. The van der Waals surface area contributed by atoms with Crippen molar-refractivity contribution in [3.05, 3.63) is 0 Å². The summed E-state index contributed by atoms with van der Waals surface area (Å²) >= 11 is 0. The first-order valence-corrected chi connectivity index (χ1v) is 6.87. The van der Waals surface area contributed by atoms with E-state index in [2.05, 4.69) is 24.1 Å². The first kappa shape index (κ1) is 12.3. The number of ether oxygens (including phenoxy) is 1. The van der Waals surface area contributed by atoms with E-state index in [1.165, 1.54) is 38.8 Å². The third-order valence-corrected chi connectivity index (χ3v) is 4.05. The molecule has 0 aliphatic carbocycles.